The summed E-state index contributed by atoms with van der Waals surface area (Å²) in [6, 6.07) is 13.9. The zero-order valence-corrected chi connectivity index (χ0v) is 16.7. The third-order valence-corrected chi connectivity index (χ3v) is 4.49. The van der Waals surface area contributed by atoms with Crippen LogP contribution in [0, 0.1) is 6.92 Å². The lowest BCUT2D eigenvalue weighted by Crippen LogP contribution is -2.26. The fourth-order valence-corrected chi connectivity index (χ4v) is 2.72. The third-order valence-electron chi connectivity index (χ3n) is 4.24. The Morgan fingerprint density at radius 1 is 1.14 bits per heavy atom. The van der Waals surface area contributed by atoms with E-state index in [4.69, 9.17) is 20.9 Å². The summed E-state index contributed by atoms with van der Waals surface area (Å²) in [5.74, 6) is -0.140. The van der Waals surface area contributed by atoms with E-state index in [2.05, 4.69) is 15.8 Å². The van der Waals surface area contributed by atoms with Crippen molar-refractivity contribution in [2.45, 2.75) is 26.5 Å². The Morgan fingerprint density at radius 3 is 2.45 bits per heavy atom. The summed E-state index contributed by atoms with van der Waals surface area (Å²) in [5.41, 5.74) is 2.97. The van der Waals surface area contributed by atoms with Gasteiger partial charge < -0.3 is 14.6 Å². The number of hydrogen-bond donors (Lipinski definition) is 2. The van der Waals surface area contributed by atoms with Gasteiger partial charge in [-0.15, -0.1) is 0 Å². The lowest BCUT2D eigenvalue weighted by atomic mass is 10.1. The third kappa shape index (κ3) is 5.58. The van der Waals surface area contributed by atoms with E-state index in [1.54, 1.807) is 43.3 Å². The average Bonchev–Trinajstić information content (AvgIpc) is 3.14. The average molecular weight is 414 g/mol. The molecule has 3 rings (SSSR count). The summed E-state index contributed by atoms with van der Waals surface area (Å²) in [6.45, 7) is 3.75. The Morgan fingerprint density at radius 2 is 1.83 bits per heavy atom. The Kier molecular flexibility index (Phi) is 6.51. The van der Waals surface area contributed by atoms with Crippen LogP contribution in [0.4, 0.5) is 10.5 Å². The monoisotopic (exact) mass is 413 g/mol. The second-order valence-corrected chi connectivity index (χ2v) is 6.92. The molecule has 1 heterocycles. The Labute approximate surface area is 173 Å². The molecule has 2 N–H and O–H groups in total. The number of nitrogens with zero attached hydrogens (tertiary/aromatic N) is 1. The topological polar surface area (TPSA) is 93.5 Å². The largest absolute Gasteiger partial charge is 0.444 e. The Hall–Kier alpha value is -3.32. The first-order valence-corrected chi connectivity index (χ1v) is 9.30. The van der Waals surface area contributed by atoms with Gasteiger partial charge in [0.2, 0.25) is 5.76 Å². The number of nitrogens with one attached hydrogen (secondary N) is 2. The van der Waals surface area contributed by atoms with Crippen molar-refractivity contribution in [1.82, 2.24) is 10.5 Å². The number of hydrogen-bond acceptors (Lipinski definition) is 5. The first-order chi connectivity index (χ1) is 13.9. The number of aryl methyl sites for hydroxylation is 1. The van der Waals surface area contributed by atoms with E-state index in [1.807, 2.05) is 19.1 Å². The van der Waals surface area contributed by atoms with Gasteiger partial charge in [-0.25, -0.2) is 4.79 Å². The molecular weight excluding hydrogens is 394 g/mol. The molecule has 29 heavy (non-hydrogen) atoms. The van der Waals surface area contributed by atoms with Crippen molar-refractivity contribution in [2.24, 2.45) is 0 Å². The first-order valence-electron chi connectivity index (χ1n) is 8.92. The van der Waals surface area contributed by atoms with Crippen molar-refractivity contribution in [3.05, 3.63) is 82.2 Å². The molecule has 2 aromatic carbocycles. The maximum absolute atomic E-state index is 12.2. The zero-order valence-electron chi connectivity index (χ0n) is 15.9. The van der Waals surface area contributed by atoms with E-state index in [0.717, 1.165) is 11.1 Å². The summed E-state index contributed by atoms with van der Waals surface area (Å²) in [4.78, 5) is 24.2. The van der Waals surface area contributed by atoms with Crippen LogP contribution in [-0.2, 0) is 11.3 Å². The molecule has 150 valence electrons. The van der Waals surface area contributed by atoms with Gasteiger partial charge in [0.05, 0.1) is 12.2 Å². The summed E-state index contributed by atoms with van der Waals surface area (Å²) >= 11 is 5.83. The zero-order chi connectivity index (χ0) is 20.8. The van der Waals surface area contributed by atoms with Crippen LogP contribution in [0.3, 0.4) is 0 Å². The van der Waals surface area contributed by atoms with E-state index in [1.165, 1.54) is 6.20 Å². The molecule has 0 aliphatic carbocycles. The van der Waals surface area contributed by atoms with Crippen LogP contribution in [-0.4, -0.2) is 17.2 Å². The number of ether oxygens (including phenoxy) is 1. The molecule has 1 aromatic heterocycles. The molecule has 0 aliphatic heterocycles. The summed E-state index contributed by atoms with van der Waals surface area (Å²) in [7, 11) is 0. The molecule has 0 saturated heterocycles. The number of rotatable bonds is 6. The fraction of sp³-hybridized carbons (Fsp3) is 0.190. The predicted octanol–water partition coefficient (Wildman–Crippen LogP) is 4.88. The van der Waals surface area contributed by atoms with Crippen LogP contribution in [0.15, 0.2) is 59.3 Å². The highest BCUT2D eigenvalue weighted by molar-refractivity contribution is 6.30. The number of halogens is 1. The highest BCUT2D eigenvalue weighted by Gasteiger charge is 2.17. The van der Waals surface area contributed by atoms with Crippen LogP contribution in [0.25, 0.3) is 0 Å². The van der Waals surface area contributed by atoms with Crippen LogP contribution < -0.4 is 10.6 Å². The minimum atomic E-state index is -0.560. The highest BCUT2D eigenvalue weighted by atomic mass is 35.5. The first kappa shape index (κ1) is 20.4. The molecule has 0 aliphatic rings. The molecule has 8 heteroatoms. The van der Waals surface area contributed by atoms with Gasteiger partial charge in [-0.1, -0.05) is 41.0 Å². The second-order valence-electron chi connectivity index (χ2n) is 6.48. The molecule has 0 radical (unpaired) electrons. The number of benzene rings is 2. The molecule has 0 fully saturated rings. The van der Waals surface area contributed by atoms with E-state index in [9.17, 15) is 9.59 Å². The molecule has 0 unspecified atom stereocenters. The molecule has 2 amide bonds. The van der Waals surface area contributed by atoms with Crippen LogP contribution in [0.1, 0.15) is 40.2 Å². The quantitative estimate of drug-likeness (QED) is 0.600. The Bertz CT molecular complexity index is 984. The van der Waals surface area contributed by atoms with Gasteiger partial charge in [-0.3, -0.25) is 10.1 Å². The number of aromatic nitrogens is 1. The normalized spacial score (nSPS) is 11.6. The molecule has 0 saturated carbocycles. The van der Waals surface area contributed by atoms with Crippen molar-refractivity contribution in [2.75, 3.05) is 5.32 Å². The van der Waals surface area contributed by atoms with Gasteiger partial charge in [-0.05, 0) is 49.2 Å². The van der Waals surface area contributed by atoms with E-state index < -0.39 is 6.09 Å². The van der Waals surface area contributed by atoms with Crippen LogP contribution in [0.5, 0.6) is 0 Å². The highest BCUT2D eigenvalue weighted by Crippen LogP contribution is 2.18. The maximum Gasteiger partial charge on any atom is 0.411 e. The minimum absolute atomic E-state index is 0.144. The number of anilines is 1. The summed E-state index contributed by atoms with van der Waals surface area (Å²) < 4.78 is 10.1. The molecule has 0 spiro atoms. The minimum Gasteiger partial charge on any atom is -0.444 e. The lowest BCUT2D eigenvalue weighted by molar-refractivity contribution is 0.0901. The molecule has 1 atom stereocenters. The standard InChI is InChI=1S/C21H20ClN3O4/c1-13-11-23-29-19(13)20(26)24-14(2)16-5-9-18(10-6-16)25-21(27)28-12-15-3-7-17(22)8-4-15/h3-11,14H,12H2,1-2H3,(H,24,26)(H,25,27)/t14-/m0/s1. The number of carbonyl (C=O) groups is 2. The van der Waals surface area contributed by atoms with Gasteiger partial charge in [0.1, 0.15) is 6.61 Å². The molecule has 7 nitrogen and oxygen atoms in total. The van der Waals surface area contributed by atoms with E-state index in [-0.39, 0.29) is 24.3 Å². The van der Waals surface area contributed by atoms with E-state index in [0.29, 0.717) is 16.3 Å². The SMILES string of the molecule is Cc1cnoc1C(=O)N[C@@H](C)c1ccc(NC(=O)OCc2ccc(Cl)cc2)cc1. The molecular formula is C21H20ClN3O4. The van der Waals surface area contributed by atoms with E-state index >= 15 is 0 Å². The summed E-state index contributed by atoms with van der Waals surface area (Å²) in [6.07, 6.45) is 0.932. The molecule has 3 aromatic rings. The van der Waals surface area contributed by atoms with Crippen molar-refractivity contribution in [3.63, 3.8) is 0 Å². The maximum atomic E-state index is 12.2. The van der Waals surface area contributed by atoms with Crippen molar-refractivity contribution >= 4 is 29.3 Å². The number of amides is 2. The predicted molar refractivity (Wildman–Crippen MR) is 109 cm³/mol. The van der Waals surface area contributed by atoms with Gasteiger partial charge >= 0.3 is 6.09 Å². The number of carbonyl (C=O) groups excluding carboxylic acids is 2. The van der Waals surface area contributed by atoms with Gasteiger partial charge in [-0.2, -0.15) is 0 Å². The lowest BCUT2D eigenvalue weighted by Gasteiger charge is -2.14. The smallest absolute Gasteiger partial charge is 0.411 e. The Balaban J connectivity index is 1.51. The van der Waals surface area contributed by atoms with Crippen LogP contribution in [0.2, 0.25) is 5.02 Å². The fourth-order valence-electron chi connectivity index (χ4n) is 2.59. The second kappa shape index (κ2) is 9.25. The van der Waals surface area contributed by atoms with Crippen molar-refractivity contribution in [1.29, 1.82) is 0 Å². The molecule has 0 bridgehead atoms. The van der Waals surface area contributed by atoms with Gasteiger partial charge in [0.25, 0.3) is 5.91 Å². The van der Waals surface area contributed by atoms with Crippen molar-refractivity contribution in [3.8, 4) is 0 Å². The van der Waals surface area contributed by atoms with Crippen molar-refractivity contribution < 1.29 is 18.8 Å². The van der Waals surface area contributed by atoms with Gasteiger partial charge in [0.15, 0.2) is 0 Å². The van der Waals surface area contributed by atoms with Gasteiger partial charge in [0, 0.05) is 16.3 Å². The van der Waals surface area contributed by atoms with Crippen LogP contribution >= 0.6 is 11.6 Å². The summed E-state index contributed by atoms with van der Waals surface area (Å²) in [5, 5.41) is 9.74.